The Morgan fingerprint density at radius 2 is 2.00 bits per heavy atom. The zero-order chi connectivity index (χ0) is 11.0. The first-order valence-electron chi connectivity index (χ1n) is 5.42. The van der Waals surface area contributed by atoms with Crippen LogP contribution in [-0.2, 0) is 17.6 Å². The van der Waals surface area contributed by atoms with E-state index in [1.54, 1.807) is 0 Å². The lowest BCUT2D eigenvalue weighted by atomic mass is 10.0. The topological polar surface area (TPSA) is 23.1 Å². The van der Waals surface area contributed by atoms with Gasteiger partial charge in [0.2, 0.25) is 0 Å². The van der Waals surface area contributed by atoms with Gasteiger partial charge in [0.05, 0.1) is 0 Å². The summed E-state index contributed by atoms with van der Waals surface area (Å²) in [6, 6.07) is 8.01. The molecule has 0 aromatic heterocycles. The van der Waals surface area contributed by atoms with Crippen molar-refractivity contribution in [1.82, 2.24) is 0 Å². The molecule has 2 aliphatic rings. The van der Waals surface area contributed by atoms with Gasteiger partial charge < -0.3 is 4.55 Å². The Balaban J connectivity index is 2.15. The molecule has 1 aromatic rings. The van der Waals surface area contributed by atoms with Crippen molar-refractivity contribution in [2.45, 2.75) is 17.7 Å². The molecule has 1 aromatic carbocycles. The minimum absolute atomic E-state index is 0.891. The molecular weight excluding hydrogens is 216 g/mol. The number of fused-ring (bicyclic) bond motifs is 2. The van der Waals surface area contributed by atoms with Crippen molar-refractivity contribution in [3.8, 4) is 0 Å². The summed E-state index contributed by atoms with van der Waals surface area (Å²) in [6.45, 7) is 0. The Morgan fingerprint density at radius 3 is 2.94 bits per heavy atom. The smallest absolute Gasteiger partial charge is 0.161 e. The molecule has 1 atom stereocenters. The lowest BCUT2D eigenvalue weighted by molar-refractivity contribution is 0.601. The van der Waals surface area contributed by atoms with Gasteiger partial charge in [-0.1, -0.05) is 36.4 Å². The van der Waals surface area contributed by atoms with Crippen LogP contribution in [0.3, 0.4) is 0 Å². The zero-order valence-corrected chi connectivity index (χ0v) is 9.67. The van der Waals surface area contributed by atoms with Crippen molar-refractivity contribution in [3.05, 3.63) is 64.6 Å². The third-order valence-corrected chi connectivity index (χ3v) is 4.57. The normalized spacial score (nSPS) is 22.7. The molecule has 0 radical (unpaired) electrons. The van der Waals surface area contributed by atoms with E-state index in [1.165, 1.54) is 11.1 Å². The van der Waals surface area contributed by atoms with Crippen LogP contribution in [0.1, 0.15) is 12.0 Å². The van der Waals surface area contributed by atoms with Gasteiger partial charge in [-0.05, 0) is 25.0 Å². The van der Waals surface area contributed by atoms with Crippen LogP contribution in [0, 0.1) is 0 Å². The summed E-state index contributed by atoms with van der Waals surface area (Å²) in [5.74, 6) is 0. The van der Waals surface area contributed by atoms with Gasteiger partial charge in [0.15, 0.2) is 9.80 Å². The lowest BCUT2D eigenvalue weighted by Crippen LogP contribution is -2.08. The van der Waals surface area contributed by atoms with E-state index in [-0.39, 0.29) is 0 Å². The van der Waals surface area contributed by atoms with Gasteiger partial charge >= 0.3 is 0 Å². The number of hydrogen-bond acceptors (Lipinski definition) is 1. The van der Waals surface area contributed by atoms with E-state index in [9.17, 15) is 4.55 Å². The highest BCUT2D eigenvalue weighted by molar-refractivity contribution is 7.95. The summed E-state index contributed by atoms with van der Waals surface area (Å²) in [7, 11) is 0. The average Bonchev–Trinajstić information content (AvgIpc) is 2.49. The van der Waals surface area contributed by atoms with E-state index >= 15 is 0 Å². The lowest BCUT2D eigenvalue weighted by Gasteiger charge is -2.15. The minimum atomic E-state index is -1.01. The zero-order valence-electron chi connectivity index (χ0n) is 8.85. The van der Waals surface area contributed by atoms with Gasteiger partial charge in [-0.15, -0.1) is 0 Å². The number of benzene rings is 1. The minimum Gasteiger partial charge on any atom is -0.606 e. The molecule has 0 saturated carbocycles. The standard InChI is InChI=1S/C14H12OS/c15-16-13-7-3-1-5-11(13)9-10-12-6-2-4-8-14(12)16/h1-5,7-8,10H,6,9H2. The number of rotatable bonds is 0. The predicted molar refractivity (Wildman–Crippen MR) is 66.5 cm³/mol. The highest BCUT2D eigenvalue weighted by Gasteiger charge is 2.27. The van der Waals surface area contributed by atoms with E-state index in [0.29, 0.717) is 0 Å². The highest BCUT2D eigenvalue weighted by Crippen LogP contribution is 2.34. The first kappa shape index (κ1) is 9.94. The molecule has 0 saturated heterocycles. The van der Waals surface area contributed by atoms with Crippen molar-refractivity contribution in [2.75, 3.05) is 0 Å². The van der Waals surface area contributed by atoms with Gasteiger partial charge in [0.25, 0.3) is 0 Å². The molecular formula is C14H12OS. The van der Waals surface area contributed by atoms with Gasteiger partial charge in [0, 0.05) is 22.3 Å². The Morgan fingerprint density at radius 1 is 1.12 bits per heavy atom. The third-order valence-electron chi connectivity index (χ3n) is 2.98. The van der Waals surface area contributed by atoms with Crippen LogP contribution in [0.4, 0.5) is 0 Å². The second-order valence-electron chi connectivity index (χ2n) is 3.97. The molecule has 0 N–H and O–H groups in total. The second kappa shape index (κ2) is 3.96. The maximum atomic E-state index is 12.4. The summed E-state index contributed by atoms with van der Waals surface area (Å²) in [5, 5.41) is 0. The molecule has 1 aliphatic carbocycles. The van der Waals surface area contributed by atoms with Gasteiger partial charge in [-0.3, -0.25) is 0 Å². The first-order valence-corrected chi connectivity index (χ1v) is 6.57. The van der Waals surface area contributed by atoms with Crippen LogP contribution in [0.25, 0.3) is 0 Å². The summed E-state index contributed by atoms with van der Waals surface area (Å²) < 4.78 is 12.4. The fourth-order valence-corrected chi connectivity index (χ4v) is 3.56. The molecule has 0 bridgehead atoms. The molecule has 0 amide bonds. The van der Waals surface area contributed by atoms with Crippen molar-refractivity contribution in [2.24, 2.45) is 0 Å². The van der Waals surface area contributed by atoms with E-state index < -0.39 is 11.2 Å². The molecule has 3 rings (SSSR count). The van der Waals surface area contributed by atoms with Crippen molar-refractivity contribution < 1.29 is 4.55 Å². The molecule has 80 valence electrons. The predicted octanol–water partition coefficient (Wildman–Crippen LogP) is 3.12. The molecule has 2 heteroatoms. The Hall–Kier alpha value is -1.25. The maximum Gasteiger partial charge on any atom is 0.161 e. The van der Waals surface area contributed by atoms with Gasteiger partial charge in [-0.25, -0.2) is 0 Å². The highest BCUT2D eigenvalue weighted by atomic mass is 32.2. The van der Waals surface area contributed by atoms with Crippen LogP contribution in [0.2, 0.25) is 0 Å². The third kappa shape index (κ3) is 1.55. The molecule has 16 heavy (non-hydrogen) atoms. The Kier molecular flexibility index (Phi) is 2.46. The van der Waals surface area contributed by atoms with Crippen LogP contribution in [0.15, 0.2) is 63.9 Å². The van der Waals surface area contributed by atoms with E-state index in [0.717, 1.165) is 22.6 Å². The quantitative estimate of drug-likeness (QED) is 0.626. The largest absolute Gasteiger partial charge is 0.606 e. The van der Waals surface area contributed by atoms with Crippen molar-refractivity contribution in [3.63, 3.8) is 0 Å². The molecule has 1 unspecified atom stereocenters. The van der Waals surface area contributed by atoms with Crippen LogP contribution < -0.4 is 0 Å². The van der Waals surface area contributed by atoms with Gasteiger partial charge in [0.1, 0.15) is 0 Å². The number of allylic oxidation sites excluding steroid dienone is 5. The average molecular weight is 228 g/mol. The summed E-state index contributed by atoms with van der Waals surface area (Å²) in [5.41, 5.74) is 2.40. The summed E-state index contributed by atoms with van der Waals surface area (Å²) >= 11 is -1.01. The SMILES string of the molecule is [O-][S+]1C2=CC=CCC2=CCc2ccccc21. The molecule has 0 spiro atoms. The van der Waals surface area contributed by atoms with E-state index in [4.69, 9.17) is 0 Å². The molecule has 1 nitrogen and oxygen atoms in total. The maximum absolute atomic E-state index is 12.4. The molecule has 1 heterocycles. The molecule has 0 fully saturated rings. The van der Waals surface area contributed by atoms with Crippen LogP contribution in [0.5, 0.6) is 0 Å². The monoisotopic (exact) mass is 228 g/mol. The van der Waals surface area contributed by atoms with Crippen molar-refractivity contribution >= 4 is 11.2 Å². The fourth-order valence-electron chi connectivity index (χ4n) is 2.13. The van der Waals surface area contributed by atoms with E-state index in [1.807, 2.05) is 30.4 Å². The first-order chi connectivity index (χ1) is 7.86. The summed E-state index contributed by atoms with van der Waals surface area (Å²) in [6.07, 6.45) is 10.1. The fraction of sp³-hybridized carbons (Fsp3) is 0.143. The van der Waals surface area contributed by atoms with Gasteiger partial charge in [-0.2, -0.15) is 0 Å². The number of hydrogen-bond donors (Lipinski definition) is 0. The van der Waals surface area contributed by atoms with E-state index in [2.05, 4.69) is 18.2 Å². The van der Waals surface area contributed by atoms with Crippen molar-refractivity contribution in [1.29, 1.82) is 0 Å². The molecule has 1 aliphatic heterocycles. The second-order valence-corrected chi connectivity index (χ2v) is 5.39. The van der Waals surface area contributed by atoms with Crippen LogP contribution >= 0.6 is 0 Å². The summed E-state index contributed by atoms with van der Waals surface area (Å²) in [4.78, 5) is 1.95. The Labute approximate surface area is 98.4 Å². The van der Waals surface area contributed by atoms with Crippen LogP contribution in [-0.4, -0.2) is 4.55 Å². The Bertz CT molecular complexity index is 511.